The zero-order valence-corrected chi connectivity index (χ0v) is 13.3. The zero-order valence-electron chi connectivity index (χ0n) is 13.3. The molecular weight excluding hydrogens is 280 g/mol. The molecule has 0 bridgehead atoms. The van der Waals surface area contributed by atoms with E-state index < -0.39 is 12.0 Å². The Labute approximate surface area is 131 Å². The van der Waals surface area contributed by atoms with Crippen LogP contribution in [0.4, 0.5) is 0 Å². The lowest BCUT2D eigenvalue weighted by atomic mass is 9.89. The number of carbonyl (C=O) groups excluding carboxylic acids is 1. The van der Waals surface area contributed by atoms with Crippen molar-refractivity contribution in [2.75, 3.05) is 0 Å². The number of hydrogen-bond acceptors (Lipinski definition) is 3. The van der Waals surface area contributed by atoms with Crippen LogP contribution in [-0.4, -0.2) is 45.5 Å². The molecule has 0 aromatic rings. The number of amides is 1. The van der Waals surface area contributed by atoms with Crippen molar-refractivity contribution in [2.45, 2.75) is 82.0 Å². The van der Waals surface area contributed by atoms with Gasteiger partial charge < -0.3 is 10.4 Å². The van der Waals surface area contributed by atoms with E-state index in [1.54, 1.807) is 0 Å². The van der Waals surface area contributed by atoms with Crippen LogP contribution in [0.25, 0.3) is 0 Å². The summed E-state index contributed by atoms with van der Waals surface area (Å²) in [5.41, 5.74) is -0.0480. The predicted molar refractivity (Wildman–Crippen MR) is 81.3 cm³/mol. The zero-order chi connectivity index (χ0) is 15.5. The van der Waals surface area contributed by atoms with Crippen LogP contribution in [0.5, 0.6) is 0 Å². The average Bonchev–Trinajstić information content (AvgIpc) is 3.34. The minimum Gasteiger partial charge on any atom is -0.480 e. The number of nitrogens with one attached hydrogen (secondary N) is 1. The topological polar surface area (TPSA) is 69.6 Å². The van der Waals surface area contributed by atoms with E-state index in [-0.39, 0.29) is 17.5 Å². The molecule has 1 heterocycles. The molecular formula is C17H26N2O3. The molecule has 0 spiro atoms. The molecule has 1 aliphatic heterocycles. The van der Waals surface area contributed by atoms with Gasteiger partial charge in [0.15, 0.2) is 0 Å². The van der Waals surface area contributed by atoms with Crippen molar-refractivity contribution >= 4 is 11.9 Å². The Morgan fingerprint density at radius 2 is 1.50 bits per heavy atom. The van der Waals surface area contributed by atoms with Gasteiger partial charge in [-0.15, -0.1) is 0 Å². The second kappa shape index (κ2) is 4.95. The number of nitrogens with zero attached hydrogens (tertiary/aromatic N) is 1. The highest BCUT2D eigenvalue weighted by molar-refractivity contribution is 5.85. The lowest BCUT2D eigenvalue weighted by Crippen LogP contribution is -2.56. The monoisotopic (exact) mass is 306 g/mol. The SMILES string of the molecule is CC(NC(=O)C1CCC(C(=O)O)N1C1CC1)(C1CC1)C1CC1. The van der Waals surface area contributed by atoms with Gasteiger partial charge in [0.25, 0.3) is 0 Å². The summed E-state index contributed by atoms with van der Waals surface area (Å²) in [4.78, 5) is 26.3. The van der Waals surface area contributed by atoms with E-state index in [1.807, 2.05) is 4.90 Å². The summed E-state index contributed by atoms with van der Waals surface area (Å²) in [7, 11) is 0. The highest BCUT2D eigenvalue weighted by atomic mass is 16.4. The third-order valence-corrected chi connectivity index (χ3v) is 6.23. The standard InChI is InChI=1S/C17H26N2O3/c1-17(10-2-3-10,11-4-5-11)18-15(20)13-8-9-14(16(21)22)19(13)12-6-7-12/h10-14H,2-9H2,1H3,(H,18,20)(H,21,22). The fourth-order valence-corrected chi connectivity index (χ4v) is 4.48. The van der Waals surface area contributed by atoms with E-state index >= 15 is 0 Å². The quantitative estimate of drug-likeness (QED) is 0.784. The number of carboxylic acids is 1. The molecule has 2 N–H and O–H groups in total. The number of aliphatic carboxylic acids is 1. The van der Waals surface area contributed by atoms with Gasteiger partial charge in [0.05, 0.1) is 6.04 Å². The van der Waals surface area contributed by atoms with E-state index in [0.29, 0.717) is 30.7 Å². The van der Waals surface area contributed by atoms with Crippen molar-refractivity contribution in [2.24, 2.45) is 11.8 Å². The lowest BCUT2D eigenvalue weighted by molar-refractivity contribution is -0.143. The van der Waals surface area contributed by atoms with E-state index in [0.717, 1.165) is 12.8 Å². The van der Waals surface area contributed by atoms with E-state index in [1.165, 1.54) is 25.7 Å². The van der Waals surface area contributed by atoms with Crippen LogP contribution in [0.1, 0.15) is 58.3 Å². The molecule has 3 aliphatic carbocycles. The molecule has 0 aromatic heterocycles. The van der Waals surface area contributed by atoms with Gasteiger partial charge in [-0.2, -0.15) is 0 Å². The number of carboxylic acid groups (broad SMARTS) is 1. The molecule has 5 nitrogen and oxygen atoms in total. The largest absolute Gasteiger partial charge is 0.480 e. The van der Waals surface area contributed by atoms with Crippen LogP contribution in [-0.2, 0) is 9.59 Å². The van der Waals surface area contributed by atoms with E-state index in [4.69, 9.17) is 0 Å². The first-order chi connectivity index (χ1) is 10.5. The summed E-state index contributed by atoms with van der Waals surface area (Å²) < 4.78 is 0. The van der Waals surface area contributed by atoms with E-state index in [9.17, 15) is 14.7 Å². The van der Waals surface area contributed by atoms with Crippen LogP contribution >= 0.6 is 0 Å². The summed E-state index contributed by atoms with van der Waals surface area (Å²) in [6.45, 7) is 2.21. The molecule has 0 aromatic carbocycles. The Morgan fingerprint density at radius 1 is 0.955 bits per heavy atom. The third kappa shape index (κ3) is 2.43. The first kappa shape index (κ1) is 14.5. The molecule has 2 atom stereocenters. The van der Waals surface area contributed by atoms with E-state index in [2.05, 4.69) is 12.2 Å². The Morgan fingerprint density at radius 3 is 1.95 bits per heavy atom. The minimum absolute atomic E-state index is 0.0480. The van der Waals surface area contributed by atoms with Gasteiger partial charge in [0.1, 0.15) is 6.04 Å². The smallest absolute Gasteiger partial charge is 0.320 e. The molecule has 1 saturated heterocycles. The first-order valence-electron chi connectivity index (χ1n) is 8.83. The fourth-order valence-electron chi connectivity index (χ4n) is 4.48. The number of likely N-dealkylation sites (tertiary alicyclic amines) is 1. The normalized spacial score (nSPS) is 33.0. The van der Waals surface area contributed by atoms with Crippen molar-refractivity contribution in [3.05, 3.63) is 0 Å². The molecule has 2 unspecified atom stereocenters. The lowest BCUT2D eigenvalue weighted by Gasteiger charge is -2.35. The molecule has 4 fully saturated rings. The van der Waals surface area contributed by atoms with Crippen LogP contribution in [0.3, 0.4) is 0 Å². The van der Waals surface area contributed by atoms with Gasteiger partial charge >= 0.3 is 5.97 Å². The van der Waals surface area contributed by atoms with Crippen molar-refractivity contribution in [1.82, 2.24) is 10.2 Å². The van der Waals surface area contributed by atoms with Gasteiger partial charge in [0.2, 0.25) is 5.91 Å². The molecule has 4 rings (SSSR count). The summed E-state index contributed by atoms with van der Waals surface area (Å²) in [5.74, 6) is 0.580. The van der Waals surface area contributed by atoms with Crippen LogP contribution in [0, 0.1) is 11.8 Å². The highest BCUT2D eigenvalue weighted by Crippen LogP contribution is 2.52. The number of rotatable bonds is 6. The third-order valence-electron chi connectivity index (χ3n) is 6.23. The predicted octanol–water partition coefficient (Wildman–Crippen LogP) is 1.76. The average molecular weight is 306 g/mol. The molecule has 0 radical (unpaired) electrons. The van der Waals surface area contributed by atoms with Crippen molar-refractivity contribution in [1.29, 1.82) is 0 Å². The van der Waals surface area contributed by atoms with Crippen LogP contribution < -0.4 is 5.32 Å². The summed E-state index contributed by atoms with van der Waals surface area (Å²) in [6, 6.07) is -0.380. The Bertz CT molecular complexity index is 482. The molecule has 3 saturated carbocycles. The molecule has 22 heavy (non-hydrogen) atoms. The molecule has 122 valence electrons. The number of carbonyl (C=O) groups is 2. The highest BCUT2D eigenvalue weighted by Gasteiger charge is 2.54. The first-order valence-corrected chi connectivity index (χ1v) is 8.83. The Hall–Kier alpha value is -1.10. The maximum absolute atomic E-state index is 12.9. The minimum atomic E-state index is -0.769. The summed E-state index contributed by atoms with van der Waals surface area (Å²) in [6.07, 6.45) is 8.26. The molecule has 1 amide bonds. The van der Waals surface area contributed by atoms with Crippen molar-refractivity contribution < 1.29 is 14.7 Å². The van der Waals surface area contributed by atoms with Crippen LogP contribution in [0.15, 0.2) is 0 Å². The molecule has 5 heteroatoms. The summed E-state index contributed by atoms with van der Waals surface area (Å²) in [5, 5.41) is 12.8. The number of hydrogen-bond donors (Lipinski definition) is 2. The second-order valence-corrected chi connectivity index (χ2v) is 7.95. The van der Waals surface area contributed by atoms with Gasteiger partial charge in [-0.1, -0.05) is 0 Å². The molecule has 4 aliphatic rings. The van der Waals surface area contributed by atoms with Gasteiger partial charge in [-0.3, -0.25) is 14.5 Å². The van der Waals surface area contributed by atoms with Gasteiger partial charge in [-0.05, 0) is 70.1 Å². The van der Waals surface area contributed by atoms with Gasteiger partial charge in [-0.25, -0.2) is 0 Å². The Balaban J connectivity index is 1.48. The Kier molecular flexibility index (Phi) is 3.26. The second-order valence-electron chi connectivity index (χ2n) is 7.95. The van der Waals surface area contributed by atoms with Crippen molar-refractivity contribution in [3.8, 4) is 0 Å². The van der Waals surface area contributed by atoms with Gasteiger partial charge in [0, 0.05) is 11.6 Å². The maximum Gasteiger partial charge on any atom is 0.320 e. The fraction of sp³-hybridized carbons (Fsp3) is 0.882. The maximum atomic E-state index is 12.9. The summed E-state index contributed by atoms with van der Waals surface area (Å²) >= 11 is 0. The van der Waals surface area contributed by atoms with Crippen molar-refractivity contribution in [3.63, 3.8) is 0 Å². The van der Waals surface area contributed by atoms with Crippen LogP contribution in [0.2, 0.25) is 0 Å².